The maximum absolute atomic E-state index is 4.36. The van der Waals surface area contributed by atoms with Crippen LogP contribution in [0.1, 0.15) is 0 Å². The molecule has 17 heavy (non-hydrogen) atoms. The van der Waals surface area contributed by atoms with Crippen LogP contribution in [0.2, 0.25) is 0 Å². The molecule has 0 bridgehead atoms. The Morgan fingerprint density at radius 1 is 0.941 bits per heavy atom. The van der Waals surface area contributed by atoms with Gasteiger partial charge in [-0.2, -0.15) is 5.10 Å². The second-order valence-electron chi connectivity index (χ2n) is 3.58. The predicted octanol–water partition coefficient (Wildman–Crippen LogP) is 2.33. The molecule has 3 rings (SSSR count). The van der Waals surface area contributed by atoms with E-state index in [1.54, 1.807) is 17.2 Å². The predicted molar refractivity (Wildman–Crippen MR) is 64.6 cm³/mol. The number of rotatable bonds is 2. The third-order valence-corrected chi connectivity index (χ3v) is 2.51. The number of pyridine rings is 1. The van der Waals surface area contributed by atoms with E-state index in [9.17, 15) is 0 Å². The molecule has 4 nitrogen and oxygen atoms in total. The van der Waals surface area contributed by atoms with Crippen molar-refractivity contribution in [2.45, 2.75) is 0 Å². The highest BCUT2D eigenvalue weighted by atomic mass is 15.3. The fourth-order valence-electron chi connectivity index (χ4n) is 1.74. The van der Waals surface area contributed by atoms with Gasteiger partial charge in [0.15, 0.2) is 5.82 Å². The zero-order chi connectivity index (χ0) is 11.5. The lowest BCUT2D eigenvalue weighted by Gasteiger charge is -2.07. The van der Waals surface area contributed by atoms with E-state index < -0.39 is 0 Å². The molecule has 0 saturated carbocycles. The molecule has 4 heteroatoms. The van der Waals surface area contributed by atoms with Gasteiger partial charge in [-0.3, -0.25) is 0 Å². The molecule has 2 aromatic heterocycles. The molecule has 0 aliphatic heterocycles. The van der Waals surface area contributed by atoms with E-state index in [0.717, 1.165) is 16.9 Å². The molecule has 0 saturated heterocycles. The largest absolute Gasteiger partial charge is 0.237 e. The Bertz CT molecular complexity index is 602. The van der Waals surface area contributed by atoms with Crippen LogP contribution >= 0.6 is 0 Å². The number of hydrogen-bond acceptors (Lipinski definition) is 3. The third kappa shape index (κ3) is 1.80. The summed E-state index contributed by atoms with van der Waals surface area (Å²) in [4.78, 5) is 8.30. The lowest BCUT2D eigenvalue weighted by Crippen LogP contribution is -2.00. The van der Waals surface area contributed by atoms with E-state index in [-0.39, 0.29) is 0 Å². The van der Waals surface area contributed by atoms with E-state index in [4.69, 9.17) is 0 Å². The number of benzene rings is 1. The molecule has 0 amide bonds. The minimum Gasteiger partial charge on any atom is -0.237 e. The molecule has 0 unspecified atom stereocenters. The van der Waals surface area contributed by atoms with Crippen molar-refractivity contribution in [1.82, 2.24) is 19.7 Å². The fourth-order valence-corrected chi connectivity index (χ4v) is 1.74. The smallest absolute Gasteiger partial charge is 0.163 e. The SMILES string of the molecule is c1ccc(-c2cccnc2-n2cncn2)cc1. The molecule has 1 aromatic carbocycles. The molecule has 0 atom stereocenters. The standard InChI is InChI=1S/C13H10N4/c1-2-5-11(6-3-1)12-7-4-8-15-13(12)17-10-14-9-16-17/h1-10H. The molecule has 2 heterocycles. The van der Waals surface area contributed by atoms with Crippen molar-refractivity contribution in [2.75, 3.05) is 0 Å². The van der Waals surface area contributed by atoms with Gasteiger partial charge in [0.05, 0.1) is 0 Å². The van der Waals surface area contributed by atoms with E-state index in [1.165, 1.54) is 6.33 Å². The molecular weight excluding hydrogens is 212 g/mol. The fraction of sp³-hybridized carbons (Fsp3) is 0. The average molecular weight is 222 g/mol. The highest BCUT2D eigenvalue weighted by Gasteiger charge is 2.07. The van der Waals surface area contributed by atoms with Crippen molar-refractivity contribution in [1.29, 1.82) is 0 Å². The highest BCUT2D eigenvalue weighted by Crippen LogP contribution is 2.23. The monoisotopic (exact) mass is 222 g/mol. The van der Waals surface area contributed by atoms with Crippen LogP contribution in [0.15, 0.2) is 61.3 Å². The summed E-state index contributed by atoms with van der Waals surface area (Å²) in [5.74, 6) is 0.788. The Balaban J connectivity index is 2.18. The van der Waals surface area contributed by atoms with Crippen LogP contribution < -0.4 is 0 Å². The highest BCUT2D eigenvalue weighted by molar-refractivity contribution is 5.70. The molecular formula is C13H10N4. The molecule has 0 N–H and O–H groups in total. The second-order valence-corrected chi connectivity index (χ2v) is 3.58. The van der Waals surface area contributed by atoms with Gasteiger partial charge >= 0.3 is 0 Å². The summed E-state index contributed by atoms with van der Waals surface area (Å²) in [6, 6.07) is 14.1. The first kappa shape index (κ1) is 9.72. The zero-order valence-electron chi connectivity index (χ0n) is 9.06. The summed E-state index contributed by atoms with van der Waals surface area (Å²) >= 11 is 0. The molecule has 3 aromatic rings. The summed E-state index contributed by atoms with van der Waals surface area (Å²) in [6.45, 7) is 0. The Morgan fingerprint density at radius 2 is 1.82 bits per heavy atom. The molecule has 0 aliphatic rings. The Hall–Kier alpha value is -2.49. The first-order valence-corrected chi connectivity index (χ1v) is 5.30. The minimum absolute atomic E-state index is 0.788. The first-order chi connectivity index (χ1) is 8.45. The van der Waals surface area contributed by atoms with E-state index in [1.807, 2.05) is 30.3 Å². The maximum Gasteiger partial charge on any atom is 0.163 e. The third-order valence-electron chi connectivity index (χ3n) is 2.51. The maximum atomic E-state index is 4.36. The van der Waals surface area contributed by atoms with Crippen LogP contribution in [0.5, 0.6) is 0 Å². The molecule has 0 spiro atoms. The van der Waals surface area contributed by atoms with Gasteiger partial charge in [0.1, 0.15) is 12.7 Å². The summed E-state index contributed by atoms with van der Waals surface area (Å²) < 4.78 is 1.67. The van der Waals surface area contributed by atoms with Gasteiger partial charge in [0.2, 0.25) is 0 Å². The topological polar surface area (TPSA) is 43.6 Å². The van der Waals surface area contributed by atoms with Crippen LogP contribution in [0, 0.1) is 0 Å². The first-order valence-electron chi connectivity index (χ1n) is 5.30. The summed E-state index contributed by atoms with van der Waals surface area (Å²) in [7, 11) is 0. The molecule has 0 radical (unpaired) electrons. The van der Waals surface area contributed by atoms with Gasteiger partial charge in [0, 0.05) is 11.8 Å². The zero-order valence-corrected chi connectivity index (χ0v) is 9.06. The molecule has 0 fully saturated rings. The molecule has 0 aliphatic carbocycles. The number of hydrogen-bond donors (Lipinski definition) is 0. The van der Waals surface area contributed by atoms with Crippen LogP contribution in [-0.4, -0.2) is 19.7 Å². The number of nitrogens with zero attached hydrogens (tertiary/aromatic N) is 4. The normalized spacial score (nSPS) is 10.4. The van der Waals surface area contributed by atoms with Gasteiger partial charge < -0.3 is 0 Å². The Labute approximate surface area is 98.6 Å². The van der Waals surface area contributed by atoms with Crippen LogP contribution in [0.4, 0.5) is 0 Å². The minimum atomic E-state index is 0.788. The summed E-state index contributed by atoms with van der Waals surface area (Å²) in [6.07, 6.45) is 4.90. The quantitative estimate of drug-likeness (QED) is 0.668. The van der Waals surface area contributed by atoms with Crippen LogP contribution in [0.3, 0.4) is 0 Å². The van der Waals surface area contributed by atoms with Gasteiger partial charge in [-0.15, -0.1) is 0 Å². The van der Waals surface area contributed by atoms with Crippen molar-refractivity contribution in [3.05, 3.63) is 61.3 Å². The Morgan fingerprint density at radius 3 is 2.59 bits per heavy atom. The van der Waals surface area contributed by atoms with Crippen molar-refractivity contribution in [2.24, 2.45) is 0 Å². The average Bonchev–Trinajstić information content (AvgIpc) is 2.94. The van der Waals surface area contributed by atoms with Gasteiger partial charge in [-0.05, 0) is 17.7 Å². The van der Waals surface area contributed by atoms with Gasteiger partial charge in [-0.25, -0.2) is 14.6 Å². The van der Waals surface area contributed by atoms with Crippen LogP contribution in [-0.2, 0) is 0 Å². The van der Waals surface area contributed by atoms with E-state index >= 15 is 0 Å². The van der Waals surface area contributed by atoms with E-state index in [2.05, 4.69) is 27.2 Å². The van der Waals surface area contributed by atoms with Crippen LogP contribution in [0.25, 0.3) is 16.9 Å². The number of aromatic nitrogens is 4. The second kappa shape index (κ2) is 4.17. The van der Waals surface area contributed by atoms with Gasteiger partial charge in [-0.1, -0.05) is 30.3 Å². The molecule has 82 valence electrons. The van der Waals surface area contributed by atoms with Crippen molar-refractivity contribution in [3.8, 4) is 16.9 Å². The van der Waals surface area contributed by atoms with E-state index in [0.29, 0.717) is 0 Å². The van der Waals surface area contributed by atoms with Gasteiger partial charge in [0.25, 0.3) is 0 Å². The Kier molecular flexibility index (Phi) is 2.38. The van der Waals surface area contributed by atoms with Crippen molar-refractivity contribution in [3.63, 3.8) is 0 Å². The lowest BCUT2D eigenvalue weighted by atomic mass is 10.1. The summed E-state index contributed by atoms with van der Waals surface area (Å²) in [5, 5.41) is 4.12. The summed E-state index contributed by atoms with van der Waals surface area (Å²) in [5.41, 5.74) is 2.16. The lowest BCUT2D eigenvalue weighted by molar-refractivity contribution is 0.847. The van der Waals surface area contributed by atoms with Crippen molar-refractivity contribution < 1.29 is 0 Å². The van der Waals surface area contributed by atoms with Crippen molar-refractivity contribution >= 4 is 0 Å².